The first-order chi connectivity index (χ1) is 9.04. The Morgan fingerprint density at radius 2 is 2.11 bits per heavy atom. The quantitative estimate of drug-likeness (QED) is 0.933. The minimum Gasteiger partial charge on any atom is -0.348 e. The van der Waals surface area contributed by atoms with Gasteiger partial charge in [-0.2, -0.15) is 9.47 Å². The average molecular weight is 278 g/mol. The summed E-state index contributed by atoms with van der Waals surface area (Å²) in [7, 11) is 0. The first-order valence-corrected chi connectivity index (χ1v) is 7.10. The van der Waals surface area contributed by atoms with Crippen molar-refractivity contribution in [2.45, 2.75) is 40.8 Å². The van der Waals surface area contributed by atoms with Crippen LogP contribution in [0.15, 0.2) is 5.38 Å². The molecule has 0 bridgehead atoms. The van der Waals surface area contributed by atoms with E-state index in [-0.39, 0.29) is 5.91 Å². The van der Waals surface area contributed by atoms with Gasteiger partial charge in [-0.3, -0.25) is 9.48 Å². The molecule has 1 amide bonds. The topological polar surface area (TPSA) is 59.8 Å². The average Bonchev–Trinajstić information content (AvgIpc) is 2.92. The van der Waals surface area contributed by atoms with Crippen molar-refractivity contribution in [3.63, 3.8) is 0 Å². The monoisotopic (exact) mass is 278 g/mol. The molecule has 0 radical (unpaired) electrons. The van der Waals surface area contributed by atoms with Crippen molar-refractivity contribution in [2.75, 3.05) is 0 Å². The van der Waals surface area contributed by atoms with E-state index in [9.17, 15) is 4.79 Å². The van der Waals surface area contributed by atoms with Gasteiger partial charge in [-0.25, -0.2) is 0 Å². The number of nitrogens with one attached hydrogen (secondary N) is 1. The van der Waals surface area contributed by atoms with E-state index in [1.54, 1.807) is 5.38 Å². The van der Waals surface area contributed by atoms with E-state index in [2.05, 4.69) is 21.7 Å². The predicted octanol–water partition coefficient (Wildman–Crippen LogP) is 2.21. The van der Waals surface area contributed by atoms with Gasteiger partial charge >= 0.3 is 0 Å². The highest BCUT2D eigenvalue weighted by Gasteiger charge is 2.14. The third-order valence-electron chi connectivity index (χ3n) is 3.25. The fourth-order valence-electron chi connectivity index (χ4n) is 2.07. The molecular weight excluding hydrogens is 260 g/mol. The van der Waals surface area contributed by atoms with Crippen molar-refractivity contribution in [3.05, 3.63) is 33.6 Å². The van der Waals surface area contributed by atoms with Crippen molar-refractivity contribution in [2.24, 2.45) is 0 Å². The number of nitrogens with zero attached hydrogens (tertiary/aromatic N) is 3. The lowest BCUT2D eigenvalue weighted by Crippen LogP contribution is -2.23. The molecule has 0 aromatic carbocycles. The maximum Gasteiger partial charge on any atom is 0.254 e. The second kappa shape index (κ2) is 5.52. The summed E-state index contributed by atoms with van der Waals surface area (Å²) in [6, 6.07) is 0. The summed E-state index contributed by atoms with van der Waals surface area (Å²) in [5.41, 5.74) is 4.61. The zero-order valence-electron chi connectivity index (χ0n) is 11.6. The molecule has 0 aliphatic rings. The Kier molecular flexibility index (Phi) is 3.99. The number of amides is 1. The van der Waals surface area contributed by atoms with Gasteiger partial charge in [-0.05, 0) is 39.2 Å². The molecule has 0 atom stereocenters. The molecule has 2 rings (SSSR count). The molecule has 0 spiro atoms. The molecule has 0 fully saturated rings. The number of hydrogen-bond acceptors (Lipinski definition) is 4. The fourth-order valence-corrected chi connectivity index (χ4v) is 2.76. The molecule has 1 N–H and O–H groups in total. The minimum atomic E-state index is -0.0747. The molecule has 0 unspecified atom stereocenters. The van der Waals surface area contributed by atoms with Crippen molar-refractivity contribution < 1.29 is 4.79 Å². The first-order valence-electron chi connectivity index (χ1n) is 6.26. The molecule has 0 saturated carbocycles. The van der Waals surface area contributed by atoms with Crippen LogP contribution in [0.2, 0.25) is 0 Å². The van der Waals surface area contributed by atoms with Gasteiger partial charge in [0.2, 0.25) is 0 Å². The highest BCUT2D eigenvalue weighted by atomic mass is 32.1. The van der Waals surface area contributed by atoms with Crippen LogP contribution >= 0.6 is 11.5 Å². The molecule has 6 heteroatoms. The zero-order chi connectivity index (χ0) is 14.0. The van der Waals surface area contributed by atoms with E-state index in [1.165, 1.54) is 11.5 Å². The van der Waals surface area contributed by atoms with Crippen molar-refractivity contribution in [3.8, 4) is 0 Å². The van der Waals surface area contributed by atoms with Crippen LogP contribution in [0.5, 0.6) is 0 Å². The number of rotatable bonds is 4. The maximum atomic E-state index is 12.0. The molecular formula is C13H18N4OS. The molecule has 0 aliphatic heterocycles. The smallest absolute Gasteiger partial charge is 0.254 e. The normalized spacial score (nSPS) is 10.7. The van der Waals surface area contributed by atoms with Crippen LogP contribution in [0, 0.1) is 20.8 Å². The van der Waals surface area contributed by atoms with Crippen LogP contribution < -0.4 is 5.32 Å². The summed E-state index contributed by atoms with van der Waals surface area (Å²) in [5.74, 6) is -0.0747. The summed E-state index contributed by atoms with van der Waals surface area (Å²) < 4.78 is 6.06. The number of carbonyl (C=O) groups is 1. The summed E-state index contributed by atoms with van der Waals surface area (Å²) in [5, 5.41) is 9.16. The third kappa shape index (κ3) is 2.68. The molecule has 5 nitrogen and oxygen atoms in total. The van der Waals surface area contributed by atoms with E-state index in [0.29, 0.717) is 12.1 Å². The van der Waals surface area contributed by atoms with E-state index in [0.717, 1.165) is 29.2 Å². The van der Waals surface area contributed by atoms with Gasteiger partial charge in [0.25, 0.3) is 5.91 Å². The SMILES string of the molecule is CCn1nc(C)c(CNC(=O)c2csnc2C)c1C. The fraction of sp³-hybridized carbons (Fsp3) is 0.462. The molecule has 2 aromatic heterocycles. The van der Waals surface area contributed by atoms with E-state index in [1.807, 2.05) is 25.5 Å². The van der Waals surface area contributed by atoms with E-state index >= 15 is 0 Å². The van der Waals surface area contributed by atoms with E-state index < -0.39 is 0 Å². The van der Waals surface area contributed by atoms with E-state index in [4.69, 9.17) is 0 Å². The van der Waals surface area contributed by atoms with Gasteiger partial charge in [0.1, 0.15) is 0 Å². The highest BCUT2D eigenvalue weighted by Crippen LogP contribution is 2.14. The van der Waals surface area contributed by atoms with Crippen LogP contribution in [0.3, 0.4) is 0 Å². The number of hydrogen-bond donors (Lipinski definition) is 1. The van der Waals surface area contributed by atoms with Crippen LogP contribution in [-0.4, -0.2) is 20.1 Å². The molecule has 2 aromatic rings. The van der Waals surface area contributed by atoms with Crippen molar-refractivity contribution in [1.82, 2.24) is 19.5 Å². The maximum absolute atomic E-state index is 12.0. The van der Waals surface area contributed by atoms with Crippen LogP contribution in [0.25, 0.3) is 0 Å². The minimum absolute atomic E-state index is 0.0747. The zero-order valence-corrected chi connectivity index (χ0v) is 12.5. The summed E-state index contributed by atoms with van der Waals surface area (Å²) in [6.45, 7) is 9.25. The molecule has 0 aliphatic carbocycles. The van der Waals surface area contributed by atoms with Gasteiger partial charge in [0, 0.05) is 29.7 Å². The number of aromatic nitrogens is 3. The van der Waals surface area contributed by atoms with Crippen molar-refractivity contribution in [1.29, 1.82) is 0 Å². The van der Waals surface area contributed by atoms with Gasteiger partial charge < -0.3 is 5.32 Å². The molecule has 19 heavy (non-hydrogen) atoms. The largest absolute Gasteiger partial charge is 0.348 e. The summed E-state index contributed by atoms with van der Waals surface area (Å²) in [4.78, 5) is 12.0. The van der Waals surface area contributed by atoms with Crippen LogP contribution in [-0.2, 0) is 13.1 Å². The number of carbonyl (C=O) groups excluding carboxylic acids is 1. The van der Waals surface area contributed by atoms with Crippen molar-refractivity contribution >= 4 is 17.4 Å². The molecule has 0 saturated heterocycles. The van der Waals surface area contributed by atoms with Gasteiger partial charge in [-0.1, -0.05) is 0 Å². The third-order valence-corrected chi connectivity index (χ3v) is 3.97. The lowest BCUT2D eigenvalue weighted by atomic mass is 10.2. The lowest BCUT2D eigenvalue weighted by Gasteiger charge is -2.05. The summed E-state index contributed by atoms with van der Waals surface area (Å²) in [6.07, 6.45) is 0. The van der Waals surface area contributed by atoms with Gasteiger partial charge in [-0.15, -0.1) is 0 Å². The standard InChI is InChI=1S/C13H18N4OS/c1-5-17-10(4)11(8(2)15-17)6-14-13(18)12-7-19-16-9(12)3/h7H,5-6H2,1-4H3,(H,14,18). The Balaban J connectivity index is 2.09. The van der Waals surface area contributed by atoms with Crippen LogP contribution in [0.1, 0.15) is 39.9 Å². The Morgan fingerprint density at radius 3 is 2.63 bits per heavy atom. The molecule has 102 valence electrons. The highest BCUT2D eigenvalue weighted by molar-refractivity contribution is 7.03. The predicted molar refractivity (Wildman–Crippen MR) is 75.4 cm³/mol. The second-order valence-corrected chi connectivity index (χ2v) is 5.09. The van der Waals surface area contributed by atoms with Crippen LogP contribution in [0.4, 0.5) is 0 Å². The van der Waals surface area contributed by atoms with Gasteiger partial charge in [0.05, 0.1) is 17.0 Å². The Hall–Kier alpha value is -1.69. The Morgan fingerprint density at radius 1 is 1.37 bits per heavy atom. The summed E-state index contributed by atoms with van der Waals surface area (Å²) >= 11 is 1.30. The molecule has 2 heterocycles. The Labute approximate surface area is 116 Å². The Bertz CT molecular complexity index is 600. The van der Waals surface area contributed by atoms with Gasteiger partial charge in [0.15, 0.2) is 0 Å². The first kappa shape index (κ1) is 13.7. The second-order valence-electron chi connectivity index (χ2n) is 4.46. The lowest BCUT2D eigenvalue weighted by molar-refractivity contribution is 0.0950. The number of aryl methyl sites for hydroxylation is 3.